The van der Waals surface area contributed by atoms with Crippen molar-refractivity contribution in [3.63, 3.8) is 0 Å². The van der Waals surface area contributed by atoms with Crippen LogP contribution < -0.4 is 5.73 Å². The topological polar surface area (TPSA) is 136 Å². The van der Waals surface area contributed by atoms with Crippen LogP contribution in [-0.2, 0) is 28.9 Å². The molecule has 0 radical (unpaired) electrons. The van der Waals surface area contributed by atoms with Crippen molar-refractivity contribution in [3.8, 4) is 0 Å². The third-order valence-electron chi connectivity index (χ3n) is 10.5. The van der Waals surface area contributed by atoms with E-state index < -0.39 is 32.0 Å². The lowest BCUT2D eigenvalue weighted by Crippen LogP contribution is -2.43. The van der Waals surface area contributed by atoms with Crippen LogP contribution in [0.5, 0.6) is 0 Å². The van der Waals surface area contributed by atoms with Crippen molar-refractivity contribution in [1.82, 2.24) is 4.90 Å². The van der Waals surface area contributed by atoms with Gasteiger partial charge in [0.15, 0.2) is 0 Å². The van der Waals surface area contributed by atoms with Crippen molar-refractivity contribution in [1.29, 1.82) is 0 Å². The molecule has 1 heterocycles. The van der Waals surface area contributed by atoms with Gasteiger partial charge in [-0.1, -0.05) is 182 Å². The molecule has 0 fully saturated rings. The second-order valence-electron chi connectivity index (χ2n) is 15.8. The van der Waals surface area contributed by atoms with Gasteiger partial charge in [0.1, 0.15) is 17.8 Å². The van der Waals surface area contributed by atoms with Gasteiger partial charge in [0.25, 0.3) is 0 Å². The Hall–Kier alpha value is -3.34. The van der Waals surface area contributed by atoms with Crippen molar-refractivity contribution in [2.75, 3.05) is 39.3 Å². The largest absolute Gasteiger partial charge is 0.384 e. The predicted molar refractivity (Wildman–Crippen MR) is 234 cm³/mol. The fourth-order valence-corrected chi connectivity index (χ4v) is 8.15. The first-order valence-electron chi connectivity index (χ1n) is 21.6. The van der Waals surface area contributed by atoms with Gasteiger partial charge in [-0.2, -0.15) is 0 Å². The molecule has 10 nitrogen and oxygen atoms in total. The SMILES string of the molecule is CC(C)CCCCCCCCCCCCCCOCCCOP(=O)(O)COC(COC(c1ccccc1)(c1ccccc1)c1ccccc1)CN1C=CC(N)=NC1O. The van der Waals surface area contributed by atoms with Crippen LogP contribution in [0.15, 0.2) is 108 Å². The Balaban J connectivity index is 1.21. The van der Waals surface area contributed by atoms with E-state index in [1.807, 2.05) is 91.0 Å². The zero-order chi connectivity index (χ0) is 41.3. The van der Waals surface area contributed by atoms with Crippen molar-refractivity contribution in [2.45, 2.75) is 122 Å². The second-order valence-corrected chi connectivity index (χ2v) is 17.6. The highest BCUT2D eigenvalue weighted by Crippen LogP contribution is 2.43. The number of hydrogen-bond acceptors (Lipinski definition) is 9. The van der Waals surface area contributed by atoms with Crippen LogP contribution in [0.25, 0.3) is 0 Å². The van der Waals surface area contributed by atoms with Crippen LogP contribution in [-0.4, -0.2) is 72.5 Å². The first-order chi connectivity index (χ1) is 28.2. The molecule has 1 aliphatic heterocycles. The van der Waals surface area contributed by atoms with E-state index in [0.717, 1.165) is 35.4 Å². The summed E-state index contributed by atoms with van der Waals surface area (Å²) in [7, 11) is -4.14. The lowest BCUT2D eigenvalue weighted by atomic mass is 9.80. The quantitative estimate of drug-likeness (QED) is 0.0329. The Kier molecular flexibility index (Phi) is 21.8. The van der Waals surface area contributed by atoms with Gasteiger partial charge in [0, 0.05) is 19.4 Å². The third-order valence-corrected chi connectivity index (χ3v) is 11.5. The highest BCUT2D eigenvalue weighted by molar-refractivity contribution is 7.52. The van der Waals surface area contributed by atoms with Crippen LogP contribution >= 0.6 is 7.60 Å². The average Bonchev–Trinajstić information content (AvgIpc) is 3.23. The van der Waals surface area contributed by atoms with E-state index in [-0.39, 0.29) is 25.6 Å². The summed E-state index contributed by atoms with van der Waals surface area (Å²) in [6.07, 6.45) is 18.1. The summed E-state index contributed by atoms with van der Waals surface area (Å²) in [6.45, 7) is 5.90. The zero-order valence-electron chi connectivity index (χ0n) is 35.0. The maximum Gasteiger partial charge on any atom is 0.353 e. The van der Waals surface area contributed by atoms with Crippen molar-refractivity contribution in [3.05, 3.63) is 120 Å². The molecular formula is C47H70N3O7P. The Morgan fingerprint density at radius 1 is 0.724 bits per heavy atom. The van der Waals surface area contributed by atoms with Gasteiger partial charge in [-0.05, 0) is 41.5 Å². The van der Waals surface area contributed by atoms with E-state index in [9.17, 15) is 14.6 Å². The molecule has 3 unspecified atom stereocenters. The molecule has 0 aliphatic carbocycles. The van der Waals surface area contributed by atoms with E-state index in [1.165, 1.54) is 70.6 Å². The minimum atomic E-state index is -4.14. The number of amidine groups is 1. The highest BCUT2D eigenvalue weighted by atomic mass is 31.2. The Bertz CT molecular complexity index is 1530. The predicted octanol–water partition coefficient (Wildman–Crippen LogP) is 10.1. The first kappa shape index (κ1) is 47.3. The number of benzene rings is 3. The minimum Gasteiger partial charge on any atom is -0.384 e. The number of aliphatic imine (C=N–C) groups is 1. The molecule has 320 valence electrons. The maximum atomic E-state index is 13.2. The fraction of sp³-hybridized carbons (Fsp3) is 0.553. The number of rotatable bonds is 31. The van der Waals surface area contributed by atoms with Crippen LogP contribution in [0.2, 0.25) is 0 Å². The lowest BCUT2D eigenvalue weighted by molar-refractivity contribution is -0.0771. The minimum absolute atomic E-state index is 0.0123. The van der Waals surface area contributed by atoms with E-state index >= 15 is 0 Å². The van der Waals surface area contributed by atoms with Crippen LogP contribution in [0.3, 0.4) is 0 Å². The monoisotopic (exact) mass is 819 g/mol. The number of aliphatic hydroxyl groups excluding tert-OH is 1. The van der Waals surface area contributed by atoms with Gasteiger partial charge in [0.05, 0.1) is 25.9 Å². The zero-order valence-corrected chi connectivity index (χ0v) is 35.9. The summed E-state index contributed by atoms with van der Waals surface area (Å²) in [6, 6.07) is 29.8. The van der Waals surface area contributed by atoms with E-state index in [1.54, 1.807) is 17.2 Å². The molecule has 1 aliphatic rings. The average molecular weight is 820 g/mol. The van der Waals surface area contributed by atoms with Crippen LogP contribution in [0.4, 0.5) is 0 Å². The summed E-state index contributed by atoms with van der Waals surface area (Å²) in [5.74, 6) is 1.03. The Morgan fingerprint density at radius 2 is 1.21 bits per heavy atom. The highest BCUT2D eigenvalue weighted by Gasteiger charge is 2.39. The molecule has 0 bridgehead atoms. The van der Waals surface area contributed by atoms with Crippen molar-refractivity contribution >= 4 is 13.4 Å². The van der Waals surface area contributed by atoms with Crippen LogP contribution in [0.1, 0.15) is 120 Å². The molecule has 4 N–H and O–H groups in total. The third kappa shape index (κ3) is 17.1. The van der Waals surface area contributed by atoms with E-state index in [0.29, 0.717) is 19.6 Å². The van der Waals surface area contributed by atoms with Gasteiger partial charge in [-0.15, -0.1) is 0 Å². The number of ether oxygens (including phenoxy) is 3. The van der Waals surface area contributed by atoms with Gasteiger partial charge >= 0.3 is 7.60 Å². The van der Waals surface area contributed by atoms with E-state index in [2.05, 4.69) is 18.8 Å². The number of nitrogens with zero attached hydrogens (tertiary/aromatic N) is 2. The molecule has 0 saturated heterocycles. The number of unbranched alkanes of at least 4 members (excludes halogenated alkanes) is 11. The van der Waals surface area contributed by atoms with Gasteiger partial charge < -0.3 is 39.4 Å². The molecule has 4 rings (SSSR count). The van der Waals surface area contributed by atoms with Gasteiger partial charge in [0.2, 0.25) is 6.35 Å². The number of nitrogens with two attached hydrogens (primary N) is 1. The summed E-state index contributed by atoms with van der Waals surface area (Å²) in [5, 5.41) is 10.7. The van der Waals surface area contributed by atoms with Crippen molar-refractivity contribution in [2.24, 2.45) is 16.6 Å². The summed E-state index contributed by atoms with van der Waals surface area (Å²) >= 11 is 0. The molecular weight excluding hydrogens is 750 g/mol. The maximum absolute atomic E-state index is 13.2. The molecule has 0 spiro atoms. The van der Waals surface area contributed by atoms with E-state index in [4.69, 9.17) is 24.5 Å². The summed E-state index contributed by atoms with van der Waals surface area (Å²) in [4.78, 5) is 16.4. The molecule has 3 atom stereocenters. The molecule has 11 heteroatoms. The fourth-order valence-electron chi connectivity index (χ4n) is 7.26. The van der Waals surface area contributed by atoms with Crippen LogP contribution in [0, 0.1) is 5.92 Å². The number of hydrogen-bond donors (Lipinski definition) is 3. The normalized spacial score (nSPS) is 16.1. The summed E-state index contributed by atoms with van der Waals surface area (Å²) < 4.78 is 37.5. The first-order valence-corrected chi connectivity index (χ1v) is 23.4. The molecule has 3 aromatic carbocycles. The lowest BCUT2D eigenvalue weighted by Gasteiger charge is -2.38. The molecule has 0 saturated carbocycles. The molecule has 0 amide bonds. The molecule has 58 heavy (non-hydrogen) atoms. The number of aliphatic hydroxyl groups is 1. The Morgan fingerprint density at radius 3 is 1.71 bits per heavy atom. The molecule has 0 aromatic heterocycles. The second kappa shape index (κ2) is 26.7. The van der Waals surface area contributed by atoms with Gasteiger partial charge in [-0.3, -0.25) is 4.57 Å². The van der Waals surface area contributed by atoms with Crippen molar-refractivity contribution < 1.29 is 33.3 Å². The van der Waals surface area contributed by atoms with Gasteiger partial charge in [-0.25, -0.2) is 4.99 Å². The molecule has 3 aromatic rings. The Labute approximate surface area is 348 Å². The smallest absolute Gasteiger partial charge is 0.353 e. The standard InChI is InChI=1S/C47H70N3O7P/c1-40(2)25-16-11-9-7-5-3-4-6-8-10-12-23-34-54-35-24-36-57-58(52,53)39-55-44(37-50-33-32-45(48)49-46(50)51)38-56-47(41-26-17-13-18-27-41,42-28-19-14-20-29-42)43-30-21-15-22-31-43/h13-15,17-22,26-33,40,44,46,51H,3-12,16,23-25,34-39H2,1-2H3,(H2,48,49)(H,52,53). The summed E-state index contributed by atoms with van der Waals surface area (Å²) in [5.41, 5.74) is 7.47.